The van der Waals surface area contributed by atoms with E-state index in [9.17, 15) is 18.0 Å². The van der Waals surface area contributed by atoms with Crippen molar-refractivity contribution in [3.63, 3.8) is 0 Å². The molecule has 0 unspecified atom stereocenters. The maximum absolute atomic E-state index is 12.6. The van der Waals surface area contributed by atoms with E-state index in [4.69, 9.17) is 0 Å². The molecule has 31 heavy (non-hydrogen) atoms. The second-order valence-corrected chi connectivity index (χ2v) is 10.1. The van der Waals surface area contributed by atoms with E-state index in [-0.39, 0.29) is 34.5 Å². The van der Waals surface area contributed by atoms with E-state index in [0.717, 1.165) is 29.5 Å². The Morgan fingerprint density at radius 1 is 1.16 bits per heavy atom. The van der Waals surface area contributed by atoms with Crippen LogP contribution in [0.15, 0.2) is 58.4 Å². The minimum atomic E-state index is -3.48. The molecule has 8 heteroatoms. The monoisotopic (exact) mass is 439 g/mol. The summed E-state index contributed by atoms with van der Waals surface area (Å²) < 4.78 is 25.0. The number of carbonyl (C=O) groups is 1. The van der Waals surface area contributed by atoms with Gasteiger partial charge >= 0.3 is 0 Å². The molecule has 7 nitrogen and oxygen atoms in total. The number of aromatic amines is 1. The van der Waals surface area contributed by atoms with E-state index in [1.807, 2.05) is 19.1 Å². The number of fused-ring (bicyclic) bond motifs is 1. The molecule has 3 aromatic rings. The summed E-state index contributed by atoms with van der Waals surface area (Å²) >= 11 is 0. The van der Waals surface area contributed by atoms with Crippen LogP contribution in [-0.4, -0.2) is 48.0 Å². The number of piperidine rings is 1. The number of hydrogen-bond donors (Lipinski definition) is 1. The number of nitrogens with zero attached hydrogens (tertiary/aromatic N) is 2. The van der Waals surface area contributed by atoms with Crippen LogP contribution in [0.2, 0.25) is 0 Å². The number of likely N-dealkylation sites (tertiary alicyclic amines) is 1. The van der Waals surface area contributed by atoms with Gasteiger partial charge in [-0.1, -0.05) is 23.8 Å². The molecule has 0 radical (unpaired) electrons. The van der Waals surface area contributed by atoms with Gasteiger partial charge in [0.05, 0.1) is 10.6 Å². The number of aryl methyl sites for hydroxylation is 1. The first kappa shape index (κ1) is 21.2. The van der Waals surface area contributed by atoms with Gasteiger partial charge in [0.15, 0.2) is 9.84 Å². The van der Waals surface area contributed by atoms with Crippen molar-refractivity contribution in [1.82, 2.24) is 14.9 Å². The number of nitrogens with one attached hydrogen (secondary N) is 1. The van der Waals surface area contributed by atoms with E-state index in [2.05, 4.69) is 9.97 Å². The molecule has 0 bridgehead atoms. The lowest BCUT2D eigenvalue weighted by Gasteiger charge is -2.32. The van der Waals surface area contributed by atoms with Gasteiger partial charge in [0.25, 0.3) is 5.56 Å². The zero-order chi connectivity index (χ0) is 22.0. The van der Waals surface area contributed by atoms with Crippen LogP contribution < -0.4 is 5.56 Å². The number of hydrogen-bond acceptors (Lipinski definition) is 5. The van der Waals surface area contributed by atoms with Crippen molar-refractivity contribution in [2.24, 2.45) is 0 Å². The molecule has 162 valence electrons. The maximum atomic E-state index is 12.6. The summed E-state index contributed by atoms with van der Waals surface area (Å²) in [6.07, 6.45) is 3.01. The summed E-state index contributed by atoms with van der Waals surface area (Å²) in [6, 6.07) is 12.3. The molecular weight excluding hydrogens is 414 g/mol. The average Bonchev–Trinajstić information content (AvgIpc) is 2.78. The topological polar surface area (TPSA) is 100 Å². The number of pyridine rings is 2. The standard InChI is InChI=1S/C23H25N3O4S/c1-16-4-6-19(7-5-16)31(29,30)14-10-21(27)26-12-8-17(9-13-26)20-15-18-3-2-11-24-22(18)23(28)25-20/h2-7,11,15,17H,8-10,12-14H2,1H3,(H,25,28). The van der Waals surface area contributed by atoms with Gasteiger partial charge in [-0.05, 0) is 44.0 Å². The SMILES string of the molecule is Cc1ccc(S(=O)(=O)CCC(=O)N2CCC(c3cc4cccnc4c(=O)[nH]3)CC2)cc1. The molecule has 1 N–H and O–H groups in total. The van der Waals surface area contributed by atoms with E-state index in [1.54, 1.807) is 41.4 Å². The highest BCUT2D eigenvalue weighted by molar-refractivity contribution is 7.91. The molecule has 1 aliphatic heterocycles. The van der Waals surface area contributed by atoms with Gasteiger partial charge < -0.3 is 9.88 Å². The van der Waals surface area contributed by atoms with E-state index >= 15 is 0 Å². The predicted octanol–water partition coefficient (Wildman–Crippen LogP) is 2.80. The van der Waals surface area contributed by atoms with E-state index < -0.39 is 9.84 Å². The van der Waals surface area contributed by atoms with Gasteiger partial charge in [-0.25, -0.2) is 8.42 Å². The molecule has 0 atom stereocenters. The Balaban J connectivity index is 1.36. The number of rotatable bonds is 5. The first-order chi connectivity index (χ1) is 14.8. The van der Waals surface area contributed by atoms with Gasteiger partial charge in [0, 0.05) is 42.7 Å². The average molecular weight is 440 g/mol. The van der Waals surface area contributed by atoms with Gasteiger partial charge in [0.1, 0.15) is 5.52 Å². The van der Waals surface area contributed by atoms with Crippen molar-refractivity contribution in [3.05, 3.63) is 70.3 Å². The van der Waals surface area contributed by atoms with E-state index in [1.165, 1.54) is 0 Å². The lowest BCUT2D eigenvalue weighted by Crippen LogP contribution is -2.39. The molecule has 2 aromatic heterocycles. The van der Waals surface area contributed by atoms with E-state index in [0.29, 0.717) is 18.6 Å². The largest absolute Gasteiger partial charge is 0.343 e. The predicted molar refractivity (Wildman–Crippen MR) is 119 cm³/mol. The Labute approximate surface area is 181 Å². The number of carbonyl (C=O) groups excluding carboxylic acids is 1. The molecule has 1 amide bonds. The second kappa shape index (κ2) is 8.63. The van der Waals surface area contributed by atoms with Crippen LogP contribution in [-0.2, 0) is 14.6 Å². The minimum absolute atomic E-state index is 0.0284. The Morgan fingerprint density at radius 2 is 1.87 bits per heavy atom. The van der Waals surface area contributed by atoms with Crippen LogP contribution in [0, 0.1) is 6.92 Å². The third-order valence-corrected chi connectivity index (χ3v) is 7.61. The third-order valence-electron chi connectivity index (χ3n) is 5.88. The highest BCUT2D eigenvalue weighted by Gasteiger charge is 2.26. The van der Waals surface area contributed by atoms with Crippen molar-refractivity contribution in [2.75, 3.05) is 18.8 Å². The summed E-state index contributed by atoms with van der Waals surface area (Å²) in [6.45, 7) is 2.98. The molecule has 3 heterocycles. The zero-order valence-corrected chi connectivity index (χ0v) is 18.2. The van der Waals surface area contributed by atoms with Gasteiger partial charge in [0.2, 0.25) is 5.91 Å². The molecule has 0 aliphatic carbocycles. The van der Waals surface area contributed by atoms with Crippen molar-refractivity contribution in [2.45, 2.75) is 37.0 Å². The third kappa shape index (κ3) is 4.69. The Kier molecular flexibility index (Phi) is 5.91. The second-order valence-electron chi connectivity index (χ2n) is 8.03. The smallest absolute Gasteiger partial charge is 0.274 e. The maximum Gasteiger partial charge on any atom is 0.274 e. The first-order valence-corrected chi connectivity index (χ1v) is 12.0. The van der Waals surface area contributed by atoms with Crippen LogP contribution >= 0.6 is 0 Å². The van der Waals surface area contributed by atoms with Crippen LogP contribution in [0.25, 0.3) is 10.9 Å². The molecule has 0 spiro atoms. The lowest BCUT2D eigenvalue weighted by molar-refractivity contribution is -0.131. The summed E-state index contributed by atoms with van der Waals surface area (Å²) in [7, 11) is -3.48. The fraction of sp³-hybridized carbons (Fsp3) is 0.348. The molecule has 1 aliphatic rings. The minimum Gasteiger partial charge on any atom is -0.343 e. The van der Waals surface area contributed by atoms with Crippen LogP contribution in [0.5, 0.6) is 0 Å². The van der Waals surface area contributed by atoms with Crippen molar-refractivity contribution >= 4 is 26.6 Å². The van der Waals surface area contributed by atoms with Gasteiger partial charge in [-0.2, -0.15) is 0 Å². The Morgan fingerprint density at radius 3 is 2.58 bits per heavy atom. The normalized spacial score (nSPS) is 15.3. The number of aromatic nitrogens is 2. The first-order valence-electron chi connectivity index (χ1n) is 10.4. The number of H-pyrrole nitrogens is 1. The lowest BCUT2D eigenvalue weighted by atomic mass is 9.92. The molecule has 0 saturated carbocycles. The Hall–Kier alpha value is -3.00. The summed E-state index contributed by atoms with van der Waals surface area (Å²) in [5.74, 6) is -0.192. The Bertz CT molecular complexity index is 1260. The van der Waals surface area contributed by atoms with Crippen molar-refractivity contribution in [3.8, 4) is 0 Å². The highest BCUT2D eigenvalue weighted by Crippen LogP contribution is 2.28. The fourth-order valence-corrected chi connectivity index (χ4v) is 5.25. The van der Waals surface area contributed by atoms with Gasteiger partial charge in [-0.3, -0.25) is 14.6 Å². The number of benzene rings is 1. The zero-order valence-electron chi connectivity index (χ0n) is 17.4. The van der Waals surface area contributed by atoms with Gasteiger partial charge in [-0.15, -0.1) is 0 Å². The fourth-order valence-electron chi connectivity index (χ4n) is 4.02. The van der Waals surface area contributed by atoms with Crippen LogP contribution in [0.1, 0.15) is 36.4 Å². The number of amides is 1. The summed E-state index contributed by atoms with van der Waals surface area (Å²) in [5.41, 5.74) is 2.07. The quantitative estimate of drug-likeness (QED) is 0.659. The summed E-state index contributed by atoms with van der Waals surface area (Å²) in [4.78, 5) is 33.9. The molecular formula is C23H25N3O4S. The molecule has 1 fully saturated rings. The molecule has 1 aromatic carbocycles. The number of sulfone groups is 1. The van der Waals surface area contributed by atoms with Crippen LogP contribution in [0.3, 0.4) is 0 Å². The van der Waals surface area contributed by atoms with Crippen LogP contribution in [0.4, 0.5) is 0 Å². The van der Waals surface area contributed by atoms with Crippen molar-refractivity contribution in [1.29, 1.82) is 0 Å². The highest BCUT2D eigenvalue weighted by atomic mass is 32.2. The summed E-state index contributed by atoms with van der Waals surface area (Å²) in [5, 5.41) is 0.807. The molecule has 4 rings (SSSR count). The van der Waals surface area contributed by atoms with Crippen molar-refractivity contribution < 1.29 is 13.2 Å². The molecule has 1 saturated heterocycles.